The van der Waals surface area contributed by atoms with Gasteiger partial charge in [0.1, 0.15) is 0 Å². The number of carbonyl (C=O) groups excluding carboxylic acids is 1. The Balaban J connectivity index is 1.96. The van der Waals surface area contributed by atoms with Gasteiger partial charge in [0.2, 0.25) is 0 Å². The molecule has 1 aromatic carbocycles. The molecule has 2 heterocycles. The Bertz CT molecular complexity index is 814. The molecule has 0 saturated carbocycles. The van der Waals surface area contributed by atoms with Crippen LogP contribution in [0.5, 0.6) is 11.5 Å². The lowest BCUT2D eigenvalue weighted by Crippen LogP contribution is -2.17. The molecular formula is C20H24N2O3. The Hall–Kier alpha value is -2.56. The second kappa shape index (κ2) is 7.55. The molecule has 1 aliphatic rings. The summed E-state index contributed by atoms with van der Waals surface area (Å²) in [5, 5.41) is 1.98. The first-order valence-corrected chi connectivity index (χ1v) is 8.77. The van der Waals surface area contributed by atoms with Crippen molar-refractivity contribution in [3.8, 4) is 11.5 Å². The van der Waals surface area contributed by atoms with Crippen molar-refractivity contribution in [1.82, 2.24) is 4.98 Å². The lowest BCUT2D eigenvalue weighted by Gasteiger charge is -2.25. The highest BCUT2D eigenvalue weighted by molar-refractivity contribution is 6.06. The van der Waals surface area contributed by atoms with Crippen molar-refractivity contribution in [2.75, 3.05) is 19.1 Å². The maximum Gasteiger partial charge on any atom is 0.311 e. The predicted molar refractivity (Wildman–Crippen MR) is 100 cm³/mol. The number of pyridine rings is 1. The predicted octanol–water partition coefficient (Wildman–Crippen LogP) is 4.54. The fourth-order valence-corrected chi connectivity index (χ4v) is 3.14. The second-order valence-corrected chi connectivity index (χ2v) is 6.26. The fraction of sp³-hybridized carbons (Fsp3) is 0.400. The molecule has 132 valence electrons. The number of esters is 1. The van der Waals surface area contributed by atoms with E-state index in [1.54, 1.807) is 13.3 Å². The van der Waals surface area contributed by atoms with E-state index in [1.165, 1.54) is 0 Å². The number of methoxy groups -OCH3 is 1. The maximum atomic E-state index is 12.3. The molecule has 0 N–H and O–H groups in total. The molecular weight excluding hydrogens is 316 g/mol. The van der Waals surface area contributed by atoms with E-state index >= 15 is 0 Å². The van der Waals surface area contributed by atoms with Crippen LogP contribution in [0.4, 0.5) is 5.69 Å². The first kappa shape index (κ1) is 17.3. The van der Waals surface area contributed by atoms with Crippen molar-refractivity contribution in [1.29, 1.82) is 0 Å². The topological polar surface area (TPSA) is 51.7 Å². The molecule has 0 radical (unpaired) electrons. The fourth-order valence-electron chi connectivity index (χ4n) is 3.14. The van der Waals surface area contributed by atoms with Crippen LogP contribution in [0.15, 0.2) is 24.5 Å². The monoisotopic (exact) mass is 340 g/mol. The lowest BCUT2D eigenvalue weighted by atomic mass is 10.0. The summed E-state index contributed by atoms with van der Waals surface area (Å²) in [5.74, 6) is 0.804. The van der Waals surface area contributed by atoms with Crippen LogP contribution in [0.2, 0.25) is 0 Å². The zero-order chi connectivity index (χ0) is 17.8. The number of benzene rings is 1. The number of anilines is 1. The van der Waals surface area contributed by atoms with Crippen LogP contribution in [-0.4, -0.2) is 25.1 Å². The van der Waals surface area contributed by atoms with Crippen molar-refractivity contribution in [2.24, 2.45) is 0 Å². The standard InChI is InChI=1S/C20H24N2O3/c1-4-5-6-7-8-17(23)25-20-16(24-3)13-14-9-11-21-15-10-12-22(2)19(20)18(14)15/h9-13H,4-8H2,1-3H3. The summed E-state index contributed by atoms with van der Waals surface area (Å²) in [4.78, 5) is 18.7. The van der Waals surface area contributed by atoms with E-state index in [-0.39, 0.29) is 5.97 Å². The van der Waals surface area contributed by atoms with Crippen LogP contribution in [0.3, 0.4) is 0 Å². The van der Waals surface area contributed by atoms with Crippen molar-refractivity contribution in [3.63, 3.8) is 0 Å². The molecule has 0 fully saturated rings. The number of rotatable bonds is 7. The Morgan fingerprint density at radius 3 is 2.88 bits per heavy atom. The molecule has 3 rings (SSSR count). The quantitative estimate of drug-likeness (QED) is 0.421. The van der Waals surface area contributed by atoms with Crippen LogP contribution in [0, 0.1) is 0 Å². The number of ether oxygens (including phenoxy) is 2. The molecule has 0 atom stereocenters. The number of carbonyl (C=O) groups is 1. The first-order valence-electron chi connectivity index (χ1n) is 8.77. The van der Waals surface area contributed by atoms with Crippen molar-refractivity contribution in [3.05, 3.63) is 30.2 Å². The maximum absolute atomic E-state index is 12.3. The third-order valence-corrected chi connectivity index (χ3v) is 4.45. The lowest BCUT2D eigenvalue weighted by molar-refractivity contribution is -0.134. The Morgan fingerprint density at radius 1 is 1.28 bits per heavy atom. The van der Waals surface area contributed by atoms with Crippen LogP contribution >= 0.6 is 0 Å². The molecule has 2 aromatic rings. The molecule has 1 aromatic heterocycles. The second-order valence-electron chi connectivity index (χ2n) is 6.26. The van der Waals surface area contributed by atoms with Gasteiger partial charge in [0.05, 0.1) is 18.5 Å². The van der Waals surface area contributed by atoms with E-state index in [0.717, 1.165) is 47.8 Å². The van der Waals surface area contributed by atoms with E-state index in [4.69, 9.17) is 9.47 Å². The smallest absolute Gasteiger partial charge is 0.311 e. The van der Waals surface area contributed by atoms with Crippen molar-refractivity contribution in [2.45, 2.75) is 39.0 Å². The van der Waals surface area contributed by atoms with E-state index in [1.807, 2.05) is 36.4 Å². The zero-order valence-electron chi connectivity index (χ0n) is 15.0. The molecule has 0 saturated heterocycles. The molecule has 0 bridgehead atoms. The molecule has 0 amide bonds. The van der Waals surface area contributed by atoms with E-state index < -0.39 is 0 Å². The Morgan fingerprint density at radius 2 is 2.12 bits per heavy atom. The van der Waals surface area contributed by atoms with Gasteiger partial charge in [0, 0.05) is 31.3 Å². The van der Waals surface area contributed by atoms with Gasteiger partial charge >= 0.3 is 5.97 Å². The normalized spacial score (nSPS) is 12.5. The van der Waals surface area contributed by atoms with Gasteiger partial charge in [0.25, 0.3) is 0 Å². The third-order valence-electron chi connectivity index (χ3n) is 4.45. The van der Waals surface area contributed by atoms with Crippen LogP contribution in [0.25, 0.3) is 16.8 Å². The highest BCUT2D eigenvalue weighted by Gasteiger charge is 2.24. The minimum atomic E-state index is -0.224. The minimum Gasteiger partial charge on any atom is -0.493 e. The van der Waals surface area contributed by atoms with Gasteiger partial charge in [0.15, 0.2) is 11.5 Å². The largest absolute Gasteiger partial charge is 0.493 e. The number of hydrogen-bond donors (Lipinski definition) is 0. The summed E-state index contributed by atoms with van der Waals surface area (Å²) < 4.78 is 11.2. The van der Waals surface area contributed by atoms with E-state index in [9.17, 15) is 4.79 Å². The third kappa shape index (κ3) is 3.45. The zero-order valence-corrected chi connectivity index (χ0v) is 15.0. The Labute approximate surface area is 148 Å². The van der Waals surface area contributed by atoms with Gasteiger partial charge in [-0.05, 0) is 30.0 Å². The summed E-state index contributed by atoms with van der Waals surface area (Å²) in [5.41, 5.74) is 1.69. The van der Waals surface area contributed by atoms with Crippen molar-refractivity contribution >= 4 is 28.5 Å². The Kier molecular flexibility index (Phi) is 5.22. The van der Waals surface area contributed by atoms with Crippen LogP contribution < -0.4 is 14.4 Å². The van der Waals surface area contributed by atoms with Gasteiger partial charge in [-0.3, -0.25) is 9.78 Å². The summed E-state index contributed by atoms with van der Waals surface area (Å²) in [6.45, 7) is 2.15. The summed E-state index contributed by atoms with van der Waals surface area (Å²) in [6, 6.07) is 3.84. The summed E-state index contributed by atoms with van der Waals surface area (Å²) >= 11 is 0. The molecule has 0 unspecified atom stereocenters. The number of nitrogens with zero attached hydrogens (tertiary/aromatic N) is 2. The van der Waals surface area contributed by atoms with E-state index in [2.05, 4.69) is 11.9 Å². The summed E-state index contributed by atoms with van der Waals surface area (Å²) in [7, 11) is 3.52. The molecule has 5 nitrogen and oxygen atoms in total. The number of hydrogen-bond acceptors (Lipinski definition) is 5. The highest BCUT2D eigenvalue weighted by Crippen LogP contribution is 2.46. The minimum absolute atomic E-state index is 0.224. The van der Waals surface area contributed by atoms with Crippen molar-refractivity contribution < 1.29 is 14.3 Å². The van der Waals surface area contributed by atoms with Gasteiger partial charge in [-0.1, -0.05) is 26.2 Å². The van der Waals surface area contributed by atoms with Gasteiger partial charge in [-0.2, -0.15) is 0 Å². The first-order chi connectivity index (χ1) is 12.2. The van der Waals surface area contributed by atoms with E-state index in [0.29, 0.717) is 17.9 Å². The summed E-state index contributed by atoms with van der Waals surface area (Å²) in [6.07, 6.45) is 10.2. The molecule has 0 spiro atoms. The average Bonchev–Trinajstić information content (AvgIpc) is 2.62. The van der Waals surface area contributed by atoms with Crippen LogP contribution in [-0.2, 0) is 4.79 Å². The molecule has 5 heteroatoms. The number of aromatic nitrogens is 1. The van der Waals surface area contributed by atoms with Crippen LogP contribution in [0.1, 0.15) is 44.7 Å². The highest BCUT2D eigenvalue weighted by atomic mass is 16.6. The molecule has 0 aliphatic carbocycles. The molecule has 25 heavy (non-hydrogen) atoms. The van der Waals surface area contributed by atoms with Gasteiger partial charge < -0.3 is 14.4 Å². The number of unbranched alkanes of at least 4 members (excludes halogenated alkanes) is 3. The average molecular weight is 340 g/mol. The SMILES string of the molecule is CCCCCCC(=O)Oc1c(OC)cc2ccnc3c2c1N(C)C=C3. The molecule has 1 aliphatic heterocycles. The van der Waals surface area contributed by atoms with Gasteiger partial charge in [-0.25, -0.2) is 0 Å². The van der Waals surface area contributed by atoms with Gasteiger partial charge in [-0.15, -0.1) is 0 Å².